The average Bonchev–Trinajstić information content (AvgIpc) is 2.80. The predicted octanol–water partition coefficient (Wildman–Crippen LogP) is 1.82. The van der Waals surface area contributed by atoms with E-state index in [1.54, 1.807) is 12.1 Å². The van der Waals surface area contributed by atoms with Crippen molar-refractivity contribution in [2.45, 2.75) is 32.2 Å². The van der Waals surface area contributed by atoms with Crippen LogP contribution >= 0.6 is 0 Å². The molecule has 0 amide bonds. The van der Waals surface area contributed by atoms with Gasteiger partial charge >= 0.3 is 0 Å². The maximum absolute atomic E-state index is 11.9. The monoisotopic (exact) mass is 259 g/mol. The topological polar surface area (TPSA) is 77.8 Å². The van der Waals surface area contributed by atoms with Crippen LogP contribution in [0.3, 0.4) is 0 Å². The molecule has 0 bridgehead atoms. The SMILES string of the molecule is CC1CCC(Nc2cccc3c(=O)[nH][nH]c(=O)c23)C1. The molecule has 5 heteroatoms. The first kappa shape index (κ1) is 12.0. The molecular weight excluding hydrogens is 242 g/mol. The van der Waals surface area contributed by atoms with Crippen molar-refractivity contribution in [3.05, 3.63) is 38.9 Å². The third-order valence-corrected chi connectivity index (χ3v) is 3.88. The second kappa shape index (κ2) is 4.57. The van der Waals surface area contributed by atoms with E-state index >= 15 is 0 Å². The molecular formula is C14H17N3O2. The number of aromatic nitrogens is 2. The Morgan fingerprint density at radius 1 is 1.16 bits per heavy atom. The third-order valence-electron chi connectivity index (χ3n) is 3.88. The minimum Gasteiger partial charge on any atom is -0.382 e. The molecule has 1 aromatic carbocycles. The van der Waals surface area contributed by atoms with Gasteiger partial charge in [-0.05, 0) is 37.3 Å². The zero-order valence-electron chi connectivity index (χ0n) is 10.8. The highest BCUT2D eigenvalue weighted by atomic mass is 16.1. The summed E-state index contributed by atoms with van der Waals surface area (Å²) in [6.45, 7) is 2.24. The van der Waals surface area contributed by atoms with Crippen LogP contribution in [0.1, 0.15) is 26.2 Å². The lowest BCUT2D eigenvalue weighted by Crippen LogP contribution is -2.22. The molecule has 2 aromatic rings. The first-order valence-electron chi connectivity index (χ1n) is 6.65. The van der Waals surface area contributed by atoms with Gasteiger partial charge in [0.2, 0.25) is 0 Å². The fourth-order valence-corrected chi connectivity index (χ4v) is 2.91. The first-order valence-corrected chi connectivity index (χ1v) is 6.65. The molecule has 1 heterocycles. The van der Waals surface area contributed by atoms with Crippen LogP contribution in [0.25, 0.3) is 10.8 Å². The summed E-state index contributed by atoms with van der Waals surface area (Å²) in [6, 6.07) is 5.73. The van der Waals surface area contributed by atoms with E-state index in [0.717, 1.165) is 18.5 Å². The molecule has 19 heavy (non-hydrogen) atoms. The summed E-state index contributed by atoms with van der Waals surface area (Å²) in [6.07, 6.45) is 3.43. The van der Waals surface area contributed by atoms with Gasteiger partial charge in [-0.15, -0.1) is 0 Å². The molecule has 0 saturated heterocycles. The summed E-state index contributed by atoms with van der Waals surface area (Å²) in [4.78, 5) is 23.6. The Balaban J connectivity index is 2.07. The minimum absolute atomic E-state index is 0.260. The van der Waals surface area contributed by atoms with Gasteiger partial charge in [-0.3, -0.25) is 19.8 Å². The van der Waals surface area contributed by atoms with Gasteiger partial charge in [-0.2, -0.15) is 0 Å². The molecule has 2 unspecified atom stereocenters. The van der Waals surface area contributed by atoms with Crippen LogP contribution in [0.2, 0.25) is 0 Å². The summed E-state index contributed by atoms with van der Waals surface area (Å²) in [5.41, 5.74) is 0.228. The van der Waals surface area contributed by atoms with Crippen molar-refractivity contribution in [3.63, 3.8) is 0 Å². The molecule has 0 spiro atoms. The Morgan fingerprint density at radius 2 is 1.95 bits per heavy atom. The Hall–Kier alpha value is -2.04. The van der Waals surface area contributed by atoms with Gasteiger partial charge < -0.3 is 5.32 Å². The van der Waals surface area contributed by atoms with Gasteiger partial charge in [0.1, 0.15) is 0 Å². The van der Waals surface area contributed by atoms with Gasteiger partial charge in [-0.25, -0.2) is 0 Å². The van der Waals surface area contributed by atoms with Crippen LogP contribution in [0.4, 0.5) is 5.69 Å². The lowest BCUT2D eigenvalue weighted by molar-refractivity contribution is 0.603. The minimum atomic E-state index is -0.266. The van der Waals surface area contributed by atoms with Crippen LogP contribution in [0.5, 0.6) is 0 Å². The van der Waals surface area contributed by atoms with Crippen molar-refractivity contribution in [1.29, 1.82) is 0 Å². The van der Waals surface area contributed by atoms with Gasteiger partial charge in [-0.1, -0.05) is 13.0 Å². The van der Waals surface area contributed by atoms with Gasteiger partial charge in [0.15, 0.2) is 0 Å². The second-order valence-electron chi connectivity index (χ2n) is 5.40. The van der Waals surface area contributed by atoms with Crippen LogP contribution in [0, 0.1) is 5.92 Å². The summed E-state index contributed by atoms with van der Waals surface area (Å²) < 4.78 is 0. The number of hydrogen-bond donors (Lipinski definition) is 3. The van der Waals surface area contributed by atoms with E-state index in [2.05, 4.69) is 22.4 Å². The summed E-state index contributed by atoms with van der Waals surface area (Å²) >= 11 is 0. The van der Waals surface area contributed by atoms with E-state index in [4.69, 9.17) is 0 Å². The fourth-order valence-electron chi connectivity index (χ4n) is 2.91. The molecule has 1 aliphatic rings. The van der Waals surface area contributed by atoms with Crippen molar-refractivity contribution in [2.75, 3.05) is 5.32 Å². The fraction of sp³-hybridized carbons (Fsp3) is 0.429. The average molecular weight is 259 g/mol. The third kappa shape index (κ3) is 2.16. The Kier molecular flexibility index (Phi) is 2.89. The van der Waals surface area contributed by atoms with E-state index in [0.29, 0.717) is 22.7 Å². The Morgan fingerprint density at radius 3 is 2.68 bits per heavy atom. The van der Waals surface area contributed by atoms with Crippen molar-refractivity contribution in [1.82, 2.24) is 10.2 Å². The molecule has 100 valence electrons. The maximum Gasteiger partial charge on any atom is 0.272 e. The normalized spacial score (nSPS) is 22.8. The first-order chi connectivity index (χ1) is 9.15. The summed E-state index contributed by atoms with van der Waals surface area (Å²) in [5.74, 6) is 0.717. The molecule has 3 N–H and O–H groups in total. The van der Waals surface area contributed by atoms with Crippen LogP contribution in [-0.2, 0) is 0 Å². The largest absolute Gasteiger partial charge is 0.382 e. The predicted molar refractivity (Wildman–Crippen MR) is 75.6 cm³/mol. The van der Waals surface area contributed by atoms with E-state index in [1.807, 2.05) is 6.07 Å². The second-order valence-corrected chi connectivity index (χ2v) is 5.40. The Labute approximate surface area is 110 Å². The molecule has 1 aliphatic carbocycles. The van der Waals surface area contributed by atoms with E-state index in [9.17, 15) is 9.59 Å². The van der Waals surface area contributed by atoms with E-state index in [1.165, 1.54) is 6.42 Å². The zero-order valence-corrected chi connectivity index (χ0v) is 10.8. The molecule has 5 nitrogen and oxygen atoms in total. The number of benzene rings is 1. The van der Waals surface area contributed by atoms with Crippen molar-refractivity contribution < 1.29 is 0 Å². The number of H-pyrrole nitrogens is 2. The van der Waals surface area contributed by atoms with Crippen LogP contribution in [0.15, 0.2) is 27.8 Å². The van der Waals surface area contributed by atoms with Crippen LogP contribution in [-0.4, -0.2) is 16.2 Å². The molecule has 0 radical (unpaired) electrons. The number of rotatable bonds is 2. The van der Waals surface area contributed by atoms with Gasteiger partial charge in [0.25, 0.3) is 11.1 Å². The smallest absolute Gasteiger partial charge is 0.272 e. The Bertz CT molecular complexity index is 716. The van der Waals surface area contributed by atoms with Crippen LogP contribution < -0.4 is 16.4 Å². The molecule has 1 fully saturated rings. The maximum atomic E-state index is 11.9. The van der Waals surface area contributed by atoms with Gasteiger partial charge in [0.05, 0.1) is 10.8 Å². The summed E-state index contributed by atoms with van der Waals surface area (Å²) in [5, 5.41) is 9.02. The molecule has 1 aromatic heterocycles. The quantitative estimate of drug-likeness (QED) is 0.769. The lowest BCUT2D eigenvalue weighted by atomic mass is 10.1. The summed E-state index contributed by atoms with van der Waals surface area (Å²) in [7, 11) is 0. The number of nitrogens with one attached hydrogen (secondary N) is 3. The standard InChI is InChI=1S/C14H17N3O2/c1-8-5-6-9(7-8)15-11-4-2-3-10-12(11)14(19)17-16-13(10)18/h2-4,8-9,15H,5-7H2,1H3,(H,16,18)(H,17,19). The van der Waals surface area contributed by atoms with Gasteiger partial charge in [0, 0.05) is 11.7 Å². The van der Waals surface area contributed by atoms with E-state index < -0.39 is 0 Å². The molecule has 3 rings (SSSR count). The molecule has 2 atom stereocenters. The number of aromatic amines is 2. The number of anilines is 1. The highest BCUT2D eigenvalue weighted by Crippen LogP contribution is 2.28. The number of fused-ring (bicyclic) bond motifs is 1. The lowest BCUT2D eigenvalue weighted by Gasteiger charge is -2.15. The highest BCUT2D eigenvalue weighted by molar-refractivity contribution is 5.92. The zero-order chi connectivity index (χ0) is 13.4. The highest BCUT2D eigenvalue weighted by Gasteiger charge is 2.22. The van der Waals surface area contributed by atoms with E-state index in [-0.39, 0.29) is 11.1 Å². The molecule has 0 aliphatic heterocycles. The molecule has 1 saturated carbocycles. The number of hydrogen-bond acceptors (Lipinski definition) is 3. The van der Waals surface area contributed by atoms with Crippen molar-refractivity contribution in [2.24, 2.45) is 5.92 Å². The van der Waals surface area contributed by atoms with Crippen molar-refractivity contribution in [3.8, 4) is 0 Å². The van der Waals surface area contributed by atoms with Crippen molar-refractivity contribution >= 4 is 16.5 Å².